The van der Waals surface area contributed by atoms with Crippen molar-refractivity contribution in [2.75, 3.05) is 11.9 Å². The van der Waals surface area contributed by atoms with Crippen molar-refractivity contribution in [2.24, 2.45) is 5.92 Å². The maximum Gasteiger partial charge on any atom is 0.322 e. The van der Waals surface area contributed by atoms with Gasteiger partial charge in [0.2, 0.25) is 0 Å². The van der Waals surface area contributed by atoms with Gasteiger partial charge in [-0.3, -0.25) is 9.78 Å². The summed E-state index contributed by atoms with van der Waals surface area (Å²) in [6, 6.07) is 9.61. The molecule has 4 rings (SSSR count). The number of rotatable bonds is 5. The van der Waals surface area contributed by atoms with Gasteiger partial charge in [0, 0.05) is 44.1 Å². The van der Waals surface area contributed by atoms with Crippen molar-refractivity contribution in [3.8, 4) is 0 Å². The van der Waals surface area contributed by atoms with Gasteiger partial charge in [0.05, 0.1) is 6.04 Å². The summed E-state index contributed by atoms with van der Waals surface area (Å²) in [6.07, 6.45) is 7.03. The number of carbonyl (C=O) groups excluding carboxylic acids is 2. The second-order valence-corrected chi connectivity index (χ2v) is 8.47. The normalized spacial score (nSPS) is 18.2. The maximum absolute atomic E-state index is 12.6. The molecule has 0 saturated heterocycles. The van der Waals surface area contributed by atoms with Crippen molar-refractivity contribution < 1.29 is 9.59 Å². The molecular weight excluding hydrogens is 376 g/mol. The Kier molecular flexibility index (Phi) is 5.95. The van der Waals surface area contributed by atoms with E-state index in [-0.39, 0.29) is 17.9 Å². The average molecular weight is 405 g/mol. The average Bonchev–Trinajstić information content (AvgIpc) is 3.18. The molecule has 2 aliphatic heterocycles. The molecule has 2 aliphatic rings. The molecule has 30 heavy (non-hydrogen) atoms. The number of benzene rings is 1. The highest BCUT2D eigenvalue weighted by atomic mass is 16.2. The fraction of sp³-hybridized carbons (Fsp3) is 0.375. The van der Waals surface area contributed by atoms with Crippen molar-refractivity contribution in [1.29, 1.82) is 0 Å². The SMILES string of the molecule is CC(C)CC(=O)C1CC(c2ccc(NC(=O)N3Cc4ccncc4C3)cc2)=CCN1. The summed E-state index contributed by atoms with van der Waals surface area (Å²) >= 11 is 0. The van der Waals surface area contributed by atoms with Crippen LogP contribution in [0.3, 0.4) is 0 Å². The Morgan fingerprint density at radius 2 is 1.93 bits per heavy atom. The molecule has 0 saturated carbocycles. The van der Waals surface area contributed by atoms with E-state index >= 15 is 0 Å². The summed E-state index contributed by atoms with van der Waals surface area (Å²) in [5.41, 5.74) is 5.28. The highest BCUT2D eigenvalue weighted by molar-refractivity contribution is 5.90. The molecule has 0 spiro atoms. The van der Waals surface area contributed by atoms with E-state index in [0.29, 0.717) is 38.4 Å². The third-order valence-electron chi connectivity index (χ3n) is 5.66. The van der Waals surface area contributed by atoms with Gasteiger partial charge in [0.1, 0.15) is 5.78 Å². The minimum absolute atomic E-state index is 0.112. The Labute approximate surface area is 177 Å². The molecule has 3 heterocycles. The van der Waals surface area contributed by atoms with E-state index in [1.54, 1.807) is 11.1 Å². The molecule has 1 atom stereocenters. The molecule has 1 unspecified atom stereocenters. The zero-order chi connectivity index (χ0) is 21.1. The minimum Gasteiger partial charge on any atom is -0.316 e. The number of nitrogens with zero attached hydrogens (tertiary/aromatic N) is 2. The molecule has 156 valence electrons. The van der Waals surface area contributed by atoms with Gasteiger partial charge < -0.3 is 15.5 Å². The quantitative estimate of drug-likeness (QED) is 0.790. The highest BCUT2D eigenvalue weighted by Gasteiger charge is 2.24. The van der Waals surface area contributed by atoms with Crippen LogP contribution < -0.4 is 10.6 Å². The van der Waals surface area contributed by atoms with Gasteiger partial charge >= 0.3 is 6.03 Å². The van der Waals surface area contributed by atoms with Crippen molar-refractivity contribution in [2.45, 2.75) is 45.8 Å². The molecule has 0 bridgehead atoms. The van der Waals surface area contributed by atoms with Crippen LogP contribution in [0.5, 0.6) is 0 Å². The van der Waals surface area contributed by atoms with Gasteiger partial charge in [-0.15, -0.1) is 0 Å². The molecular formula is C24H28N4O2. The third kappa shape index (κ3) is 4.60. The highest BCUT2D eigenvalue weighted by Crippen LogP contribution is 2.26. The summed E-state index contributed by atoms with van der Waals surface area (Å²) in [5.74, 6) is 0.650. The van der Waals surface area contributed by atoms with Crippen molar-refractivity contribution in [1.82, 2.24) is 15.2 Å². The second-order valence-electron chi connectivity index (χ2n) is 8.47. The lowest BCUT2D eigenvalue weighted by Gasteiger charge is -2.24. The molecule has 2 aromatic rings. The van der Waals surface area contributed by atoms with Gasteiger partial charge in [-0.2, -0.15) is 0 Å². The first kappa shape index (κ1) is 20.3. The lowest BCUT2D eigenvalue weighted by molar-refractivity contribution is -0.121. The van der Waals surface area contributed by atoms with Gasteiger partial charge in [0.25, 0.3) is 0 Å². The number of anilines is 1. The molecule has 0 fully saturated rings. The molecule has 1 aromatic heterocycles. The molecule has 6 heteroatoms. The van der Waals surface area contributed by atoms with Crippen LogP contribution >= 0.6 is 0 Å². The van der Waals surface area contributed by atoms with Gasteiger partial charge in [0.15, 0.2) is 0 Å². The van der Waals surface area contributed by atoms with E-state index in [9.17, 15) is 9.59 Å². The number of urea groups is 1. The zero-order valence-electron chi connectivity index (χ0n) is 17.5. The summed E-state index contributed by atoms with van der Waals surface area (Å²) in [5, 5.41) is 6.29. The Hall–Kier alpha value is -2.99. The summed E-state index contributed by atoms with van der Waals surface area (Å²) in [4.78, 5) is 30.9. The first-order valence-electron chi connectivity index (χ1n) is 10.5. The number of hydrogen-bond acceptors (Lipinski definition) is 4. The van der Waals surface area contributed by atoms with Crippen LogP contribution in [0.2, 0.25) is 0 Å². The Morgan fingerprint density at radius 1 is 1.17 bits per heavy atom. The van der Waals surface area contributed by atoms with Crippen LogP contribution in [0.1, 0.15) is 43.4 Å². The zero-order valence-corrected chi connectivity index (χ0v) is 17.5. The van der Waals surface area contributed by atoms with E-state index in [2.05, 4.69) is 35.5 Å². The van der Waals surface area contributed by atoms with Crippen molar-refractivity contribution >= 4 is 23.1 Å². The Bertz CT molecular complexity index is 940. The molecule has 2 amide bonds. The van der Waals surface area contributed by atoms with Crippen molar-refractivity contribution in [3.63, 3.8) is 0 Å². The first-order chi connectivity index (χ1) is 14.5. The number of Topliss-reactive ketones (excluding diaryl/α,β-unsaturated/α-hetero) is 1. The van der Waals surface area contributed by atoms with E-state index < -0.39 is 0 Å². The predicted molar refractivity (Wildman–Crippen MR) is 118 cm³/mol. The van der Waals surface area contributed by atoms with Crippen LogP contribution in [0.25, 0.3) is 5.57 Å². The van der Waals surface area contributed by atoms with Crippen molar-refractivity contribution in [3.05, 3.63) is 65.5 Å². The van der Waals surface area contributed by atoms with E-state index in [4.69, 9.17) is 0 Å². The Morgan fingerprint density at radius 3 is 2.67 bits per heavy atom. The number of carbonyl (C=O) groups is 2. The fourth-order valence-corrected chi connectivity index (χ4v) is 4.04. The van der Waals surface area contributed by atoms with E-state index in [1.165, 1.54) is 5.57 Å². The number of fused-ring (bicyclic) bond motifs is 1. The van der Waals surface area contributed by atoms with Crippen LogP contribution in [0.15, 0.2) is 48.8 Å². The summed E-state index contributed by atoms with van der Waals surface area (Å²) < 4.78 is 0. The monoisotopic (exact) mass is 404 g/mol. The summed E-state index contributed by atoms with van der Waals surface area (Å²) in [7, 11) is 0. The Balaban J connectivity index is 1.36. The second kappa shape index (κ2) is 8.79. The lowest BCUT2D eigenvalue weighted by atomic mass is 9.90. The standard InChI is InChI=1S/C24H28N4O2/c1-16(2)11-23(29)22-12-18(8-10-26-22)17-3-5-21(6-4-17)27-24(30)28-14-19-7-9-25-13-20(19)15-28/h3-9,13,16,22,26H,10-12,14-15H2,1-2H3,(H,27,30). The minimum atomic E-state index is -0.113. The predicted octanol–water partition coefficient (Wildman–Crippen LogP) is 3.99. The van der Waals surface area contributed by atoms with E-state index in [1.807, 2.05) is 36.5 Å². The number of hydrogen-bond donors (Lipinski definition) is 2. The molecule has 2 N–H and O–H groups in total. The lowest BCUT2D eigenvalue weighted by Crippen LogP contribution is -2.40. The number of pyridine rings is 1. The summed E-state index contributed by atoms with van der Waals surface area (Å²) in [6.45, 7) is 6.03. The number of ketones is 1. The molecule has 1 aromatic carbocycles. The molecule has 6 nitrogen and oxygen atoms in total. The van der Waals surface area contributed by atoms with Gasteiger partial charge in [-0.1, -0.05) is 32.1 Å². The number of amides is 2. The van der Waals surface area contributed by atoms with Crippen LogP contribution in [0.4, 0.5) is 10.5 Å². The smallest absolute Gasteiger partial charge is 0.316 e. The maximum atomic E-state index is 12.6. The van der Waals surface area contributed by atoms with Gasteiger partial charge in [-0.05, 0) is 52.8 Å². The molecule has 0 aliphatic carbocycles. The van der Waals surface area contributed by atoms with Gasteiger partial charge in [-0.25, -0.2) is 4.79 Å². The third-order valence-corrected chi connectivity index (χ3v) is 5.66. The number of nitrogens with one attached hydrogen (secondary N) is 2. The largest absolute Gasteiger partial charge is 0.322 e. The van der Waals surface area contributed by atoms with Crippen LogP contribution in [-0.4, -0.2) is 34.3 Å². The first-order valence-corrected chi connectivity index (χ1v) is 10.5. The van der Waals surface area contributed by atoms with E-state index in [0.717, 1.165) is 22.4 Å². The van der Waals surface area contributed by atoms with Crippen LogP contribution in [0, 0.1) is 5.92 Å². The molecule has 0 radical (unpaired) electrons. The topological polar surface area (TPSA) is 74.3 Å². The number of aromatic nitrogens is 1. The van der Waals surface area contributed by atoms with Crippen LogP contribution in [-0.2, 0) is 17.9 Å². The fourth-order valence-electron chi connectivity index (χ4n) is 4.04.